The summed E-state index contributed by atoms with van der Waals surface area (Å²) >= 11 is 0. The predicted octanol–water partition coefficient (Wildman–Crippen LogP) is 2.49. The van der Waals surface area contributed by atoms with Crippen LogP contribution in [0.4, 0.5) is 0 Å². The van der Waals surface area contributed by atoms with Crippen LogP contribution < -0.4 is 5.32 Å². The molecule has 2 bridgehead atoms. The van der Waals surface area contributed by atoms with Gasteiger partial charge in [0.15, 0.2) is 0 Å². The zero-order valence-corrected chi connectivity index (χ0v) is 11.5. The Kier molecular flexibility index (Phi) is 3.45. The molecule has 0 aromatic heterocycles. The Labute approximate surface area is 106 Å². The van der Waals surface area contributed by atoms with Crippen LogP contribution in [-0.2, 0) is 0 Å². The number of fused-ring (bicyclic) bond motifs is 2. The molecule has 1 heterocycles. The Morgan fingerprint density at radius 1 is 1.24 bits per heavy atom. The zero-order chi connectivity index (χ0) is 11.8. The monoisotopic (exact) mass is 236 g/mol. The molecule has 3 rings (SSSR count). The minimum atomic E-state index is 0.741. The second-order valence-corrected chi connectivity index (χ2v) is 6.75. The van der Waals surface area contributed by atoms with Gasteiger partial charge in [0.1, 0.15) is 0 Å². The highest BCUT2D eigenvalue weighted by atomic mass is 15.2. The van der Waals surface area contributed by atoms with Crippen molar-refractivity contribution >= 4 is 0 Å². The molecule has 2 aliphatic carbocycles. The minimum absolute atomic E-state index is 0.741. The van der Waals surface area contributed by atoms with Crippen LogP contribution in [0.5, 0.6) is 0 Å². The molecule has 5 unspecified atom stereocenters. The molecule has 98 valence electrons. The van der Waals surface area contributed by atoms with Crippen molar-refractivity contribution in [3.63, 3.8) is 0 Å². The number of hydrogen-bond acceptors (Lipinski definition) is 2. The van der Waals surface area contributed by atoms with E-state index < -0.39 is 0 Å². The molecule has 0 amide bonds. The topological polar surface area (TPSA) is 15.3 Å². The second-order valence-electron chi connectivity index (χ2n) is 6.75. The molecule has 0 aromatic carbocycles. The lowest BCUT2D eigenvalue weighted by Gasteiger charge is -2.41. The Balaban J connectivity index is 1.56. The fourth-order valence-electron chi connectivity index (χ4n) is 4.42. The fourth-order valence-corrected chi connectivity index (χ4v) is 4.42. The number of rotatable bonds is 3. The highest BCUT2D eigenvalue weighted by Gasteiger charge is 2.40. The molecular weight excluding hydrogens is 208 g/mol. The molecule has 2 saturated carbocycles. The largest absolute Gasteiger partial charge is 0.311 e. The summed E-state index contributed by atoms with van der Waals surface area (Å²) in [6, 6.07) is 1.49. The van der Waals surface area contributed by atoms with Crippen molar-refractivity contribution in [2.75, 3.05) is 19.6 Å². The lowest BCUT2D eigenvalue weighted by atomic mass is 9.88. The first-order chi connectivity index (χ1) is 8.26. The van der Waals surface area contributed by atoms with E-state index in [0.717, 1.165) is 29.8 Å². The standard InChI is InChI=1S/C15H28N2/c1-3-15-10-17(11(2)8-16-15)9-14-7-12-4-5-13(14)6-12/h11-16H,3-10H2,1-2H3. The van der Waals surface area contributed by atoms with E-state index in [-0.39, 0.29) is 0 Å². The van der Waals surface area contributed by atoms with Crippen LogP contribution in [0.15, 0.2) is 0 Å². The first-order valence-electron chi connectivity index (χ1n) is 7.73. The summed E-state index contributed by atoms with van der Waals surface area (Å²) in [7, 11) is 0. The minimum Gasteiger partial charge on any atom is -0.311 e. The van der Waals surface area contributed by atoms with Crippen LogP contribution in [0.1, 0.15) is 46.0 Å². The van der Waals surface area contributed by atoms with Gasteiger partial charge in [-0.15, -0.1) is 0 Å². The SMILES string of the molecule is CCC1CN(CC2CC3CCC2C3)C(C)CN1. The van der Waals surface area contributed by atoms with Gasteiger partial charge >= 0.3 is 0 Å². The van der Waals surface area contributed by atoms with Gasteiger partial charge in [0.05, 0.1) is 0 Å². The van der Waals surface area contributed by atoms with Crippen molar-refractivity contribution in [2.45, 2.75) is 58.0 Å². The van der Waals surface area contributed by atoms with E-state index in [4.69, 9.17) is 0 Å². The summed E-state index contributed by atoms with van der Waals surface area (Å²) in [4.78, 5) is 2.77. The molecule has 17 heavy (non-hydrogen) atoms. The lowest BCUT2D eigenvalue weighted by Crippen LogP contribution is -2.56. The van der Waals surface area contributed by atoms with Gasteiger partial charge in [-0.3, -0.25) is 4.90 Å². The Morgan fingerprint density at radius 3 is 2.76 bits per heavy atom. The number of nitrogens with zero attached hydrogens (tertiary/aromatic N) is 1. The summed E-state index contributed by atoms with van der Waals surface area (Å²) < 4.78 is 0. The maximum absolute atomic E-state index is 3.67. The van der Waals surface area contributed by atoms with E-state index in [1.54, 1.807) is 6.42 Å². The molecule has 3 fully saturated rings. The van der Waals surface area contributed by atoms with E-state index >= 15 is 0 Å². The van der Waals surface area contributed by atoms with Crippen LogP contribution in [0.25, 0.3) is 0 Å². The van der Waals surface area contributed by atoms with E-state index in [2.05, 4.69) is 24.1 Å². The van der Waals surface area contributed by atoms with E-state index in [1.807, 2.05) is 0 Å². The summed E-state index contributed by atoms with van der Waals surface area (Å²) in [6.45, 7) is 8.57. The number of nitrogens with one attached hydrogen (secondary N) is 1. The zero-order valence-electron chi connectivity index (χ0n) is 11.5. The van der Waals surface area contributed by atoms with Crippen molar-refractivity contribution in [1.82, 2.24) is 10.2 Å². The quantitative estimate of drug-likeness (QED) is 0.810. The third-order valence-electron chi connectivity index (χ3n) is 5.63. The summed E-state index contributed by atoms with van der Waals surface area (Å²) in [5.74, 6) is 3.22. The van der Waals surface area contributed by atoms with Gasteiger partial charge in [-0.1, -0.05) is 13.3 Å². The van der Waals surface area contributed by atoms with Crippen molar-refractivity contribution in [3.8, 4) is 0 Å². The van der Waals surface area contributed by atoms with Gasteiger partial charge in [0.2, 0.25) is 0 Å². The maximum atomic E-state index is 3.67. The van der Waals surface area contributed by atoms with Crippen molar-refractivity contribution in [2.24, 2.45) is 17.8 Å². The molecule has 1 N–H and O–H groups in total. The van der Waals surface area contributed by atoms with E-state index in [9.17, 15) is 0 Å². The molecule has 2 nitrogen and oxygen atoms in total. The summed E-state index contributed by atoms with van der Waals surface area (Å²) in [6.07, 6.45) is 7.45. The van der Waals surface area contributed by atoms with Crippen LogP contribution in [0.2, 0.25) is 0 Å². The van der Waals surface area contributed by atoms with Crippen LogP contribution in [0.3, 0.4) is 0 Å². The summed E-state index contributed by atoms with van der Waals surface area (Å²) in [5.41, 5.74) is 0. The number of piperazine rings is 1. The van der Waals surface area contributed by atoms with Gasteiger partial charge in [-0.2, -0.15) is 0 Å². The van der Waals surface area contributed by atoms with E-state index in [1.165, 1.54) is 45.3 Å². The highest BCUT2D eigenvalue weighted by Crippen LogP contribution is 2.48. The molecule has 0 aromatic rings. The normalized spacial score (nSPS) is 46.6. The lowest BCUT2D eigenvalue weighted by molar-refractivity contribution is 0.102. The summed E-state index contributed by atoms with van der Waals surface area (Å²) in [5, 5.41) is 3.67. The first-order valence-corrected chi connectivity index (χ1v) is 7.73. The molecule has 0 radical (unpaired) electrons. The average molecular weight is 236 g/mol. The smallest absolute Gasteiger partial charge is 0.0193 e. The molecular formula is C15H28N2. The third kappa shape index (κ3) is 2.39. The Hall–Kier alpha value is -0.0800. The van der Waals surface area contributed by atoms with Gasteiger partial charge in [-0.25, -0.2) is 0 Å². The van der Waals surface area contributed by atoms with Gasteiger partial charge in [0.25, 0.3) is 0 Å². The fraction of sp³-hybridized carbons (Fsp3) is 1.00. The predicted molar refractivity (Wildman–Crippen MR) is 72.1 cm³/mol. The highest BCUT2D eigenvalue weighted by molar-refractivity contribution is 4.93. The molecule has 2 heteroatoms. The second kappa shape index (κ2) is 4.89. The molecule has 1 saturated heterocycles. The van der Waals surface area contributed by atoms with Gasteiger partial charge in [-0.05, 0) is 50.4 Å². The number of hydrogen-bond donors (Lipinski definition) is 1. The first kappa shape index (κ1) is 12.0. The van der Waals surface area contributed by atoms with Crippen molar-refractivity contribution in [3.05, 3.63) is 0 Å². The maximum Gasteiger partial charge on any atom is 0.0193 e. The molecule has 1 aliphatic heterocycles. The Morgan fingerprint density at radius 2 is 2.12 bits per heavy atom. The third-order valence-corrected chi connectivity index (χ3v) is 5.63. The van der Waals surface area contributed by atoms with Crippen molar-refractivity contribution < 1.29 is 0 Å². The van der Waals surface area contributed by atoms with Crippen LogP contribution >= 0.6 is 0 Å². The molecule has 0 spiro atoms. The molecule has 5 atom stereocenters. The van der Waals surface area contributed by atoms with E-state index in [0.29, 0.717) is 0 Å². The van der Waals surface area contributed by atoms with Gasteiger partial charge in [0, 0.05) is 31.7 Å². The van der Waals surface area contributed by atoms with Crippen LogP contribution in [0, 0.1) is 17.8 Å². The molecule has 3 aliphatic rings. The Bertz CT molecular complexity index is 266. The van der Waals surface area contributed by atoms with Gasteiger partial charge < -0.3 is 5.32 Å². The van der Waals surface area contributed by atoms with Crippen molar-refractivity contribution in [1.29, 1.82) is 0 Å². The van der Waals surface area contributed by atoms with Crippen LogP contribution in [-0.4, -0.2) is 36.6 Å². The average Bonchev–Trinajstić information content (AvgIpc) is 2.94.